The number of benzene rings is 1. The van der Waals surface area contributed by atoms with E-state index < -0.39 is 17.8 Å². The van der Waals surface area contributed by atoms with Gasteiger partial charge in [0.2, 0.25) is 5.95 Å². The van der Waals surface area contributed by atoms with E-state index in [0.29, 0.717) is 17.7 Å². The molecule has 1 aromatic carbocycles. The minimum Gasteiger partial charge on any atom is -0.507 e. The van der Waals surface area contributed by atoms with Gasteiger partial charge in [0.1, 0.15) is 17.6 Å². The number of aromatic hydroxyl groups is 1. The lowest BCUT2D eigenvalue weighted by Gasteiger charge is -2.48. The molecule has 2 aromatic heterocycles. The third-order valence-electron chi connectivity index (χ3n) is 5.37. The topological polar surface area (TPSA) is 101 Å². The normalized spacial score (nSPS) is 22.6. The summed E-state index contributed by atoms with van der Waals surface area (Å²) in [5.74, 6) is 0.318. The van der Waals surface area contributed by atoms with Gasteiger partial charge in [-0.3, -0.25) is 0 Å². The Kier molecular flexibility index (Phi) is 4.93. The summed E-state index contributed by atoms with van der Waals surface area (Å²) < 4.78 is 16.8. The van der Waals surface area contributed by atoms with Crippen LogP contribution in [-0.4, -0.2) is 53.1 Å². The minimum absolute atomic E-state index is 0.0590. The van der Waals surface area contributed by atoms with Gasteiger partial charge in [-0.2, -0.15) is 0 Å². The fourth-order valence-electron chi connectivity index (χ4n) is 4.21. The first-order valence-electron chi connectivity index (χ1n) is 9.86. The number of nitrogens with one attached hydrogen (secondary N) is 2. The zero-order valence-corrected chi connectivity index (χ0v) is 17.5. The van der Waals surface area contributed by atoms with Crippen molar-refractivity contribution in [3.8, 4) is 22.7 Å². The van der Waals surface area contributed by atoms with Crippen LogP contribution in [0.1, 0.15) is 34.1 Å². The Hall–Kier alpha value is -3.07. The van der Waals surface area contributed by atoms with E-state index >= 15 is 0 Å². The summed E-state index contributed by atoms with van der Waals surface area (Å²) >= 11 is 0. The van der Waals surface area contributed by atoms with E-state index in [9.17, 15) is 9.50 Å². The molecule has 2 atom stereocenters. The third-order valence-corrected chi connectivity index (χ3v) is 5.37. The number of piperidine rings is 1. The molecule has 1 fully saturated rings. The summed E-state index contributed by atoms with van der Waals surface area (Å²) in [7, 11) is 0. The molecule has 158 valence electrons. The second-order valence-electron chi connectivity index (χ2n) is 8.93. The number of phenolic OH excluding ortho intramolecular Hbond substituents is 1. The van der Waals surface area contributed by atoms with E-state index in [0.717, 1.165) is 5.69 Å². The molecule has 0 aliphatic carbocycles. The summed E-state index contributed by atoms with van der Waals surface area (Å²) in [6.07, 6.45) is 6.09. The maximum Gasteiger partial charge on any atom is 0.243 e. The first kappa shape index (κ1) is 20.2. The van der Waals surface area contributed by atoms with Crippen LogP contribution in [0, 0.1) is 0 Å². The monoisotopic (exact) mass is 411 g/mol. The molecular formula is C21H26FN7O. The maximum atomic E-state index is 15.0. The molecule has 1 aliphatic rings. The molecule has 0 radical (unpaired) electrons. The summed E-state index contributed by atoms with van der Waals surface area (Å²) in [6.45, 7) is 7.80. The van der Waals surface area contributed by atoms with Crippen LogP contribution in [-0.2, 0) is 0 Å². The van der Waals surface area contributed by atoms with E-state index in [2.05, 4.69) is 30.8 Å². The van der Waals surface area contributed by atoms with Crippen molar-refractivity contribution in [3.05, 3.63) is 43.1 Å². The lowest BCUT2D eigenvalue weighted by atomic mass is 9.78. The Balaban J connectivity index is 1.52. The minimum atomic E-state index is -1.12. The smallest absolute Gasteiger partial charge is 0.243 e. The van der Waals surface area contributed by atoms with Gasteiger partial charge in [0.15, 0.2) is 0 Å². The summed E-state index contributed by atoms with van der Waals surface area (Å²) in [4.78, 5) is 8.30. The van der Waals surface area contributed by atoms with Crippen LogP contribution in [0.15, 0.2) is 43.1 Å². The van der Waals surface area contributed by atoms with Gasteiger partial charge in [-0.15, -0.1) is 10.2 Å². The molecule has 3 aromatic rings. The highest BCUT2D eigenvalue weighted by Gasteiger charge is 2.46. The highest BCUT2D eigenvalue weighted by atomic mass is 19.1. The highest BCUT2D eigenvalue weighted by molar-refractivity contribution is 5.68. The quantitative estimate of drug-likeness (QED) is 0.606. The second-order valence-corrected chi connectivity index (χ2v) is 8.93. The van der Waals surface area contributed by atoms with Gasteiger partial charge in [-0.05, 0) is 46.2 Å². The molecule has 1 unspecified atom stereocenters. The first-order chi connectivity index (χ1) is 14.1. The van der Waals surface area contributed by atoms with Crippen LogP contribution in [0.5, 0.6) is 5.75 Å². The van der Waals surface area contributed by atoms with Crippen molar-refractivity contribution in [1.82, 2.24) is 30.0 Å². The molecule has 30 heavy (non-hydrogen) atoms. The number of halogens is 1. The van der Waals surface area contributed by atoms with Gasteiger partial charge in [0.25, 0.3) is 0 Å². The zero-order chi connectivity index (χ0) is 21.5. The van der Waals surface area contributed by atoms with E-state index in [4.69, 9.17) is 0 Å². The van der Waals surface area contributed by atoms with Crippen molar-refractivity contribution in [2.75, 3.05) is 5.32 Å². The van der Waals surface area contributed by atoms with Gasteiger partial charge in [0, 0.05) is 35.1 Å². The van der Waals surface area contributed by atoms with Gasteiger partial charge in [-0.1, -0.05) is 0 Å². The molecule has 0 saturated carbocycles. The molecule has 3 N–H and O–H groups in total. The lowest BCUT2D eigenvalue weighted by Crippen LogP contribution is -2.67. The second kappa shape index (κ2) is 7.32. The zero-order valence-electron chi connectivity index (χ0n) is 17.5. The van der Waals surface area contributed by atoms with Crippen molar-refractivity contribution < 1.29 is 9.50 Å². The molecule has 0 bridgehead atoms. The number of alkyl halides is 1. The molecule has 4 rings (SSSR count). The Labute approximate surface area is 174 Å². The van der Waals surface area contributed by atoms with Crippen LogP contribution >= 0.6 is 0 Å². The largest absolute Gasteiger partial charge is 0.507 e. The Morgan fingerprint density at radius 1 is 1.23 bits per heavy atom. The van der Waals surface area contributed by atoms with Crippen LogP contribution in [0.25, 0.3) is 16.9 Å². The number of aromatic nitrogens is 5. The SMILES string of the molecule is CC1(C)CC(Nc2ncc(-c3ccc(-n4ccnc4)cc3O)nn2)[C@H](F)C(C)(C)N1. The molecular weight excluding hydrogens is 385 g/mol. The Morgan fingerprint density at radius 3 is 2.67 bits per heavy atom. The third kappa shape index (κ3) is 3.97. The summed E-state index contributed by atoms with van der Waals surface area (Å²) in [5.41, 5.74) is 0.823. The number of hydrogen-bond donors (Lipinski definition) is 3. The molecule has 8 nitrogen and oxygen atoms in total. The Bertz CT molecular complexity index is 1020. The molecule has 0 amide bonds. The van der Waals surface area contributed by atoms with Crippen LogP contribution < -0.4 is 10.6 Å². The molecule has 3 heterocycles. The van der Waals surface area contributed by atoms with Crippen molar-refractivity contribution in [1.29, 1.82) is 0 Å². The lowest BCUT2D eigenvalue weighted by molar-refractivity contribution is 0.0654. The van der Waals surface area contributed by atoms with Crippen LogP contribution in [0.3, 0.4) is 0 Å². The van der Waals surface area contributed by atoms with Gasteiger partial charge < -0.3 is 20.3 Å². The van der Waals surface area contributed by atoms with E-state index in [-0.39, 0.29) is 17.2 Å². The van der Waals surface area contributed by atoms with Crippen molar-refractivity contribution >= 4 is 5.95 Å². The van der Waals surface area contributed by atoms with E-state index in [1.807, 2.05) is 33.8 Å². The predicted molar refractivity (Wildman–Crippen MR) is 112 cm³/mol. The standard InChI is InChI=1S/C21H26FN7O/c1-20(2)10-15(18(22)21(3,4)28-20)25-19-24-11-16(26-27-19)14-6-5-13(9-17(14)30)29-8-7-23-12-29/h5-9,11-12,15,18,28,30H,10H2,1-4H3,(H,24,25,27)/t15?,18-/m0/s1. The Morgan fingerprint density at radius 2 is 2.03 bits per heavy atom. The average molecular weight is 411 g/mol. The van der Waals surface area contributed by atoms with Crippen molar-refractivity contribution in [2.45, 2.75) is 57.4 Å². The number of imidazole rings is 1. The molecule has 9 heteroatoms. The number of nitrogens with zero attached hydrogens (tertiary/aromatic N) is 5. The summed E-state index contributed by atoms with van der Waals surface area (Å²) in [5, 5.41) is 25.1. The fourth-order valence-corrected chi connectivity index (χ4v) is 4.21. The van der Waals surface area contributed by atoms with Crippen LogP contribution in [0.4, 0.5) is 10.3 Å². The van der Waals surface area contributed by atoms with Crippen molar-refractivity contribution in [3.63, 3.8) is 0 Å². The van der Waals surface area contributed by atoms with E-state index in [1.165, 1.54) is 6.20 Å². The van der Waals surface area contributed by atoms with Crippen molar-refractivity contribution in [2.24, 2.45) is 0 Å². The summed E-state index contributed by atoms with van der Waals surface area (Å²) in [6, 6.07) is 4.78. The number of hydrogen-bond acceptors (Lipinski definition) is 7. The first-order valence-corrected chi connectivity index (χ1v) is 9.86. The van der Waals surface area contributed by atoms with Crippen LogP contribution in [0.2, 0.25) is 0 Å². The molecule has 0 spiro atoms. The number of phenols is 1. The molecule has 1 aliphatic heterocycles. The molecule has 1 saturated heterocycles. The number of rotatable bonds is 4. The number of anilines is 1. The fraction of sp³-hybridized carbons (Fsp3) is 0.429. The average Bonchev–Trinajstić information content (AvgIpc) is 3.20. The van der Waals surface area contributed by atoms with Gasteiger partial charge in [-0.25, -0.2) is 14.4 Å². The highest BCUT2D eigenvalue weighted by Crippen LogP contribution is 2.33. The van der Waals surface area contributed by atoms with Gasteiger partial charge in [0.05, 0.1) is 24.3 Å². The van der Waals surface area contributed by atoms with Gasteiger partial charge >= 0.3 is 0 Å². The predicted octanol–water partition coefficient (Wildman–Crippen LogP) is 3.10. The maximum absolute atomic E-state index is 15.0. The van der Waals surface area contributed by atoms with E-state index in [1.54, 1.807) is 35.4 Å².